The Morgan fingerprint density at radius 3 is 2.71 bits per heavy atom. The van der Waals surface area contributed by atoms with Gasteiger partial charge in [0.25, 0.3) is 0 Å². The predicted molar refractivity (Wildman–Crippen MR) is 114 cm³/mol. The van der Waals surface area contributed by atoms with Gasteiger partial charge in [-0.3, -0.25) is 9.69 Å². The lowest BCUT2D eigenvalue weighted by atomic mass is 9.93. The highest BCUT2D eigenvalue weighted by Crippen LogP contribution is 2.23. The van der Waals surface area contributed by atoms with Crippen LogP contribution in [0.15, 0.2) is 59.6 Å². The van der Waals surface area contributed by atoms with E-state index in [-0.39, 0.29) is 11.6 Å². The molecule has 5 heteroatoms. The molecule has 3 rings (SSSR count). The Hall–Kier alpha value is -2.17. The first-order valence-electron chi connectivity index (χ1n) is 9.78. The molecule has 0 radical (unpaired) electrons. The molecule has 148 valence electrons. The van der Waals surface area contributed by atoms with Crippen molar-refractivity contribution in [2.75, 3.05) is 25.0 Å². The van der Waals surface area contributed by atoms with Gasteiger partial charge < -0.3 is 5.32 Å². The number of likely N-dealkylation sites (tertiary alicyclic amines) is 1. The van der Waals surface area contributed by atoms with Crippen molar-refractivity contribution < 1.29 is 9.18 Å². The summed E-state index contributed by atoms with van der Waals surface area (Å²) in [7, 11) is 0. The van der Waals surface area contributed by atoms with E-state index in [2.05, 4.69) is 10.2 Å². The summed E-state index contributed by atoms with van der Waals surface area (Å²) >= 11 is 6.45. The van der Waals surface area contributed by atoms with E-state index in [0.29, 0.717) is 12.3 Å². The molecular formula is C23H26ClFN2O. The van der Waals surface area contributed by atoms with E-state index in [9.17, 15) is 9.18 Å². The fraction of sp³-hybridized carbons (Fsp3) is 0.348. The molecule has 0 saturated carbocycles. The number of hydrogen-bond acceptors (Lipinski definition) is 2. The Morgan fingerprint density at radius 2 is 1.93 bits per heavy atom. The topological polar surface area (TPSA) is 32.3 Å². The number of piperidine rings is 1. The Labute approximate surface area is 171 Å². The van der Waals surface area contributed by atoms with Gasteiger partial charge in [-0.25, -0.2) is 4.39 Å². The van der Waals surface area contributed by atoms with Gasteiger partial charge in [-0.1, -0.05) is 54.1 Å². The molecule has 1 fully saturated rings. The summed E-state index contributed by atoms with van der Waals surface area (Å²) in [6, 6.07) is 16.3. The van der Waals surface area contributed by atoms with Crippen molar-refractivity contribution in [1.82, 2.24) is 4.90 Å². The van der Waals surface area contributed by atoms with Crippen LogP contribution in [0.2, 0.25) is 0 Å². The first-order chi connectivity index (χ1) is 13.6. The smallest absolute Gasteiger partial charge is 0.224 e. The highest BCUT2D eigenvalue weighted by Gasteiger charge is 2.21. The van der Waals surface area contributed by atoms with Crippen LogP contribution in [0.25, 0.3) is 6.08 Å². The third-order valence-corrected chi connectivity index (χ3v) is 5.26. The molecule has 1 aliphatic rings. The maximum absolute atomic E-state index is 13.6. The molecule has 28 heavy (non-hydrogen) atoms. The minimum absolute atomic E-state index is 0.135. The van der Waals surface area contributed by atoms with Gasteiger partial charge >= 0.3 is 0 Å². The second-order valence-electron chi connectivity index (χ2n) is 7.31. The molecule has 2 aromatic carbocycles. The first-order valence-corrected chi connectivity index (χ1v) is 10.2. The molecule has 2 aromatic rings. The number of hydrogen-bond donors (Lipinski definition) is 1. The van der Waals surface area contributed by atoms with Crippen molar-refractivity contribution >= 4 is 29.3 Å². The minimum atomic E-state index is -0.403. The zero-order valence-electron chi connectivity index (χ0n) is 15.9. The molecule has 1 heterocycles. The van der Waals surface area contributed by atoms with Gasteiger partial charge in [0.05, 0.1) is 5.69 Å². The number of rotatable bonds is 7. The first kappa shape index (κ1) is 20.6. The van der Waals surface area contributed by atoms with Gasteiger partial charge in [0, 0.05) is 24.5 Å². The molecule has 1 saturated heterocycles. The second-order valence-corrected chi connectivity index (χ2v) is 7.80. The largest absolute Gasteiger partial charge is 0.324 e. The summed E-state index contributed by atoms with van der Waals surface area (Å²) in [6.45, 7) is 2.69. The molecule has 0 bridgehead atoms. The summed E-state index contributed by atoms with van der Waals surface area (Å²) in [4.78, 5) is 14.5. The molecule has 0 spiro atoms. The van der Waals surface area contributed by atoms with Crippen molar-refractivity contribution in [3.8, 4) is 0 Å². The fourth-order valence-electron chi connectivity index (χ4n) is 3.63. The number of carbonyl (C=O) groups is 1. The molecule has 1 aliphatic heterocycles. The third-order valence-electron chi connectivity index (χ3n) is 5.03. The lowest BCUT2D eigenvalue weighted by Gasteiger charge is -2.32. The lowest BCUT2D eigenvalue weighted by molar-refractivity contribution is -0.116. The van der Waals surface area contributed by atoms with Crippen LogP contribution in [-0.4, -0.2) is 30.4 Å². The van der Waals surface area contributed by atoms with Gasteiger partial charge in [0.2, 0.25) is 5.91 Å². The molecule has 0 aliphatic carbocycles. The monoisotopic (exact) mass is 400 g/mol. The normalized spacial score (nSPS) is 18.1. The number of halogens is 2. The van der Waals surface area contributed by atoms with E-state index in [1.165, 1.54) is 6.07 Å². The molecule has 1 atom stereocenters. The van der Waals surface area contributed by atoms with Crippen LogP contribution < -0.4 is 5.32 Å². The van der Waals surface area contributed by atoms with Crippen molar-refractivity contribution in [1.29, 1.82) is 0 Å². The molecule has 1 amide bonds. The molecule has 0 aromatic heterocycles. The predicted octanol–water partition coefficient (Wildman–Crippen LogP) is 5.54. The second kappa shape index (κ2) is 10.4. The molecule has 1 unspecified atom stereocenters. The highest BCUT2D eigenvalue weighted by molar-refractivity contribution is 6.31. The third kappa shape index (κ3) is 6.47. The van der Waals surface area contributed by atoms with Crippen LogP contribution in [0.3, 0.4) is 0 Å². The maximum Gasteiger partial charge on any atom is 0.224 e. The molecule has 3 nitrogen and oxygen atoms in total. The van der Waals surface area contributed by atoms with Crippen LogP contribution in [0.1, 0.15) is 31.2 Å². The Bertz CT molecular complexity index is 809. The lowest BCUT2D eigenvalue weighted by Crippen LogP contribution is -2.36. The van der Waals surface area contributed by atoms with E-state index in [4.69, 9.17) is 11.6 Å². The number of carbonyl (C=O) groups excluding carboxylic acids is 1. The number of anilines is 1. The van der Waals surface area contributed by atoms with Crippen LogP contribution in [0.5, 0.6) is 0 Å². The van der Waals surface area contributed by atoms with E-state index < -0.39 is 5.82 Å². The van der Waals surface area contributed by atoms with Gasteiger partial charge in [0.15, 0.2) is 0 Å². The average molecular weight is 401 g/mol. The van der Waals surface area contributed by atoms with E-state index in [1.54, 1.807) is 18.2 Å². The zero-order valence-corrected chi connectivity index (χ0v) is 16.7. The number of nitrogens with one attached hydrogen (secondary N) is 1. The summed E-state index contributed by atoms with van der Waals surface area (Å²) < 4.78 is 13.6. The molecule has 1 N–H and O–H groups in total. The summed E-state index contributed by atoms with van der Waals surface area (Å²) in [5.41, 5.74) is 1.35. The highest BCUT2D eigenvalue weighted by atomic mass is 35.5. The van der Waals surface area contributed by atoms with Crippen molar-refractivity contribution in [3.05, 3.63) is 71.0 Å². The Balaban J connectivity index is 1.45. The van der Waals surface area contributed by atoms with E-state index in [1.807, 2.05) is 36.4 Å². The van der Waals surface area contributed by atoms with Crippen LogP contribution in [-0.2, 0) is 4.79 Å². The maximum atomic E-state index is 13.6. The Morgan fingerprint density at radius 1 is 1.18 bits per heavy atom. The van der Waals surface area contributed by atoms with Crippen molar-refractivity contribution in [3.63, 3.8) is 0 Å². The summed E-state index contributed by atoms with van der Waals surface area (Å²) in [5, 5.41) is 3.49. The summed E-state index contributed by atoms with van der Waals surface area (Å²) in [5.74, 6) is -0.0786. The van der Waals surface area contributed by atoms with E-state index >= 15 is 0 Å². The SMILES string of the molecule is O=C(CCC1CCCN(CC(Cl)=Cc2ccccc2)C1)Nc1ccccc1F. The van der Waals surface area contributed by atoms with Crippen molar-refractivity contribution in [2.45, 2.75) is 25.7 Å². The standard InChI is InChI=1S/C23H26ClFN2O/c24-20(15-18-7-2-1-3-8-18)17-27-14-6-9-19(16-27)12-13-23(28)26-22-11-5-4-10-21(22)25/h1-5,7-8,10-11,15,19H,6,9,12-14,16-17H2,(H,26,28). The minimum Gasteiger partial charge on any atom is -0.324 e. The van der Waals surface area contributed by atoms with Gasteiger partial charge in [-0.05, 0) is 55.5 Å². The van der Waals surface area contributed by atoms with Gasteiger partial charge in [-0.2, -0.15) is 0 Å². The van der Waals surface area contributed by atoms with E-state index in [0.717, 1.165) is 49.5 Å². The van der Waals surface area contributed by atoms with Crippen LogP contribution >= 0.6 is 11.6 Å². The zero-order chi connectivity index (χ0) is 19.8. The van der Waals surface area contributed by atoms with Crippen LogP contribution in [0.4, 0.5) is 10.1 Å². The number of para-hydroxylation sites is 1. The average Bonchev–Trinajstić information content (AvgIpc) is 2.69. The van der Waals surface area contributed by atoms with Crippen molar-refractivity contribution in [2.24, 2.45) is 5.92 Å². The fourth-order valence-corrected chi connectivity index (χ4v) is 3.93. The number of benzene rings is 2. The molecular weight excluding hydrogens is 375 g/mol. The quantitative estimate of drug-likeness (QED) is 0.662. The Kier molecular flexibility index (Phi) is 7.63. The number of nitrogens with zero attached hydrogens (tertiary/aromatic N) is 1. The van der Waals surface area contributed by atoms with Gasteiger partial charge in [0.1, 0.15) is 5.82 Å². The summed E-state index contributed by atoms with van der Waals surface area (Å²) in [6.07, 6.45) is 5.43. The van der Waals surface area contributed by atoms with Gasteiger partial charge in [-0.15, -0.1) is 0 Å². The number of amides is 1. The van der Waals surface area contributed by atoms with Crippen LogP contribution in [0, 0.1) is 11.7 Å².